The van der Waals surface area contributed by atoms with Crippen LogP contribution in [0, 0.1) is 13.8 Å². The summed E-state index contributed by atoms with van der Waals surface area (Å²) in [7, 11) is 0. The maximum atomic E-state index is 13.5. The molecule has 0 saturated carbocycles. The first-order valence-corrected chi connectivity index (χ1v) is 11.5. The SMILES string of the molecule is CCCc1noc(CSc2nnc3n(-c4cccc(C)c4C)c(=O)c4ccccc4n23)n1. The molecule has 0 fully saturated rings. The summed E-state index contributed by atoms with van der Waals surface area (Å²) in [6.07, 6.45) is 1.75. The van der Waals surface area contributed by atoms with Crippen LogP contribution in [0.1, 0.15) is 36.2 Å². The van der Waals surface area contributed by atoms with Gasteiger partial charge in [-0.1, -0.05) is 48.1 Å². The van der Waals surface area contributed by atoms with Gasteiger partial charge in [0.05, 0.1) is 22.3 Å². The number of hydrogen-bond donors (Lipinski definition) is 0. The Balaban J connectivity index is 1.67. The molecule has 5 aromatic rings. The maximum absolute atomic E-state index is 13.5. The van der Waals surface area contributed by atoms with Gasteiger partial charge < -0.3 is 4.52 Å². The van der Waals surface area contributed by atoms with Crippen LogP contribution in [0.3, 0.4) is 0 Å². The second kappa shape index (κ2) is 8.23. The van der Waals surface area contributed by atoms with E-state index in [0.29, 0.717) is 33.8 Å². The Morgan fingerprint density at radius 1 is 1.06 bits per heavy atom. The predicted octanol–water partition coefficient (Wildman–Crippen LogP) is 4.28. The van der Waals surface area contributed by atoms with E-state index in [1.165, 1.54) is 11.8 Å². The van der Waals surface area contributed by atoms with E-state index in [2.05, 4.69) is 27.3 Å². The number of aryl methyl sites for hydroxylation is 2. The number of benzene rings is 2. The number of hydrogen-bond acceptors (Lipinski definition) is 7. The monoisotopic (exact) mass is 446 g/mol. The lowest BCUT2D eigenvalue weighted by atomic mass is 10.1. The van der Waals surface area contributed by atoms with Crippen LogP contribution in [0.25, 0.3) is 22.4 Å². The van der Waals surface area contributed by atoms with Crippen LogP contribution in [0.5, 0.6) is 0 Å². The third-order valence-electron chi connectivity index (χ3n) is 5.52. The van der Waals surface area contributed by atoms with Crippen molar-refractivity contribution >= 4 is 28.4 Å². The second-order valence-electron chi connectivity index (χ2n) is 7.64. The molecule has 0 spiro atoms. The van der Waals surface area contributed by atoms with E-state index in [4.69, 9.17) is 4.52 Å². The van der Waals surface area contributed by atoms with Crippen molar-refractivity contribution in [2.24, 2.45) is 0 Å². The first kappa shape index (κ1) is 20.4. The average molecular weight is 447 g/mol. The van der Waals surface area contributed by atoms with Gasteiger partial charge in [0, 0.05) is 6.42 Å². The lowest BCUT2D eigenvalue weighted by Crippen LogP contribution is -2.22. The van der Waals surface area contributed by atoms with Gasteiger partial charge in [-0.05, 0) is 49.6 Å². The highest BCUT2D eigenvalue weighted by Gasteiger charge is 2.19. The molecule has 3 heterocycles. The van der Waals surface area contributed by atoms with Gasteiger partial charge in [-0.2, -0.15) is 4.98 Å². The van der Waals surface area contributed by atoms with Gasteiger partial charge in [0.15, 0.2) is 11.0 Å². The number of thioether (sulfide) groups is 1. The van der Waals surface area contributed by atoms with Crippen molar-refractivity contribution in [3.05, 3.63) is 75.7 Å². The van der Waals surface area contributed by atoms with Gasteiger partial charge in [-0.25, -0.2) is 4.57 Å². The zero-order valence-electron chi connectivity index (χ0n) is 18.1. The molecule has 0 aliphatic carbocycles. The van der Waals surface area contributed by atoms with Crippen LogP contribution < -0.4 is 5.56 Å². The van der Waals surface area contributed by atoms with Crippen molar-refractivity contribution in [1.82, 2.24) is 29.3 Å². The van der Waals surface area contributed by atoms with E-state index in [0.717, 1.165) is 35.2 Å². The Kier molecular flexibility index (Phi) is 5.26. The number of rotatable bonds is 6. The zero-order chi connectivity index (χ0) is 22.2. The summed E-state index contributed by atoms with van der Waals surface area (Å²) >= 11 is 1.45. The third kappa shape index (κ3) is 3.38. The number of fused-ring (bicyclic) bond motifs is 3. The minimum atomic E-state index is -0.119. The van der Waals surface area contributed by atoms with Gasteiger partial charge in [0.25, 0.3) is 5.56 Å². The molecular weight excluding hydrogens is 424 g/mol. The van der Waals surface area contributed by atoms with Gasteiger partial charge in [-0.3, -0.25) is 9.20 Å². The normalized spacial score (nSPS) is 11.6. The molecule has 9 heteroatoms. The highest BCUT2D eigenvalue weighted by Crippen LogP contribution is 2.26. The summed E-state index contributed by atoms with van der Waals surface area (Å²) < 4.78 is 8.93. The molecule has 3 aromatic heterocycles. The molecule has 0 aliphatic heterocycles. The fraction of sp³-hybridized carbons (Fsp3) is 0.261. The third-order valence-corrected chi connectivity index (χ3v) is 6.43. The predicted molar refractivity (Wildman–Crippen MR) is 123 cm³/mol. The van der Waals surface area contributed by atoms with Crippen LogP contribution in [0.15, 0.2) is 56.9 Å². The zero-order valence-corrected chi connectivity index (χ0v) is 18.9. The molecule has 0 amide bonds. The number of para-hydroxylation sites is 1. The molecule has 0 aliphatic rings. The Labute approximate surface area is 188 Å². The van der Waals surface area contributed by atoms with E-state index >= 15 is 0 Å². The molecule has 0 bridgehead atoms. The Hall–Kier alpha value is -3.46. The Morgan fingerprint density at radius 2 is 1.91 bits per heavy atom. The fourth-order valence-electron chi connectivity index (χ4n) is 3.77. The smallest absolute Gasteiger partial charge is 0.267 e. The molecule has 0 N–H and O–H groups in total. The quantitative estimate of drug-likeness (QED) is 0.360. The lowest BCUT2D eigenvalue weighted by Gasteiger charge is -2.14. The summed E-state index contributed by atoms with van der Waals surface area (Å²) in [4.78, 5) is 17.9. The van der Waals surface area contributed by atoms with Crippen molar-refractivity contribution in [3.8, 4) is 5.69 Å². The highest BCUT2D eigenvalue weighted by atomic mass is 32.2. The first-order chi connectivity index (χ1) is 15.6. The highest BCUT2D eigenvalue weighted by molar-refractivity contribution is 7.98. The number of nitrogens with zero attached hydrogens (tertiary/aromatic N) is 6. The van der Waals surface area contributed by atoms with E-state index in [1.54, 1.807) is 4.57 Å². The summed E-state index contributed by atoms with van der Waals surface area (Å²) in [5.74, 6) is 2.20. The fourth-order valence-corrected chi connectivity index (χ4v) is 4.54. The van der Waals surface area contributed by atoms with Crippen LogP contribution in [-0.4, -0.2) is 29.3 Å². The van der Waals surface area contributed by atoms with Crippen molar-refractivity contribution < 1.29 is 4.52 Å². The molecule has 0 saturated heterocycles. The standard InChI is InChI=1S/C23H22N6O2S/c1-4-8-19-24-20(31-27-19)13-32-23-26-25-22-28(17-12-7-9-14(2)15(17)3)21(30)16-10-5-6-11-18(16)29(22)23/h5-7,9-12H,4,8,13H2,1-3H3. The van der Waals surface area contributed by atoms with E-state index in [-0.39, 0.29) is 5.56 Å². The summed E-state index contributed by atoms with van der Waals surface area (Å²) in [6, 6.07) is 13.4. The number of aromatic nitrogens is 6. The molecule has 0 radical (unpaired) electrons. The molecule has 0 unspecified atom stereocenters. The minimum absolute atomic E-state index is 0.119. The topological polar surface area (TPSA) is 91.1 Å². The lowest BCUT2D eigenvalue weighted by molar-refractivity contribution is 0.384. The van der Waals surface area contributed by atoms with Crippen molar-refractivity contribution in [2.45, 2.75) is 44.5 Å². The van der Waals surface area contributed by atoms with Crippen molar-refractivity contribution in [3.63, 3.8) is 0 Å². The molecule has 8 nitrogen and oxygen atoms in total. The average Bonchev–Trinajstić information content (AvgIpc) is 3.42. The van der Waals surface area contributed by atoms with Crippen LogP contribution in [0.2, 0.25) is 0 Å². The second-order valence-corrected chi connectivity index (χ2v) is 8.58. The molecule has 162 valence electrons. The van der Waals surface area contributed by atoms with Crippen molar-refractivity contribution in [1.29, 1.82) is 0 Å². The minimum Gasteiger partial charge on any atom is -0.338 e. The van der Waals surface area contributed by atoms with Gasteiger partial charge in [-0.15, -0.1) is 10.2 Å². The first-order valence-electron chi connectivity index (χ1n) is 10.5. The van der Waals surface area contributed by atoms with E-state index in [9.17, 15) is 4.79 Å². The van der Waals surface area contributed by atoms with E-state index in [1.807, 2.05) is 60.7 Å². The maximum Gasteiger partial charge on any atom is 0.267 e. The molecular formula is C23H22N6O2S. The molecule has 5 rings (SSSR count). The largest absolute Gasteiger partial charge is 0.338 e. The summed E-state index contributed by atoms with van der Waals surface area (Å²) in [5, 5.41) is 14.1. The molecule has 32 heavy (non-hydrogen) atoms. The van der Waals surface area contributed by atoms with E-state index < -0.39 is 0 Å². The molecule has 0 atom stereocenters. The Morgan fingerprint density at radius 3 is 2.75 bits per heavy atom. The molecule has 2 aromatic carbocycles. The van der Waals surface area contributed by atoms with Crippen molar-refractivity contribution in [2.75, 3.05) is 0 Å². The van der Waals surface area contributed by atoms with Gasteiger partial charge in [0.1, 0.15) is 0 Å². The van der Waals surface area contributed by atoms with Crippen LogP contribution in [-0.2, 0) is 12.2 Å². The Bertz CT molecular complexity index is 1500. The van der Waals surface area contributed by atoms with Gasteiger partial charge in [0.2, 0.25) is 11.7 Å². The van der Waals surface area contributed by atoms with Gasteiger partial charge >= 0.3 is 0 Å². The summed E-state index contributed by atoms with van der Waals surface area (Å²) in [5.41, 5.74) is 3.58. The van der Waals surface area contributed by atoms with Crippen LogP contribution >= 0.6 is 11.8 Å². The van der Waals surface area contributed by atoms with Crippen LogP contribution in [0.4, 0.5) is 0 Å². The summed E-state index contributed by atoms with van der Waals surface area (Å²) in [6.45, 7) is 6.12.